The van der Waals surface area contributed by atoms with Crippen LogP contribution in [0.25, 0.3) is 0 Å². The first-order chi connectivity index (χ1) is 12.4. The number of carbonyl (C=O) groups excluding carboxylic acids is 1. The molecule has 0 radical (unpaired) electrons. The maximum atomic E-state index is 11.8. The van der Waals surface area contributed by atoms with Crippen LogP contribution in [-0.2, 0) is 23.7 Å². The number of carbonyl (C=O) groups is 1. The molecule has 0 rings (SSSR count). The zero-order valence-electron chi connectivity index (χ0n) is 16.8. The van der Waals surface area contributed by atoms with Gasteiger partial charge in [-0.25, -0.2) is 4.79 Å². The largest absolute Gasteiger partial charge is 0.450 e. The van der Waals surface area contributed by atoms with Crippen LogP contribution in [0.4, 0.5) is 4.79 Å². The van der Waals surface area contributed by atoms with E-state index in [4.69, 9.17) is 28.8 Å². The van der Waals surface area contributed by atoms with Crippen molar-refractivity contribution in [1.29, 1.82) is 0 Å². The molecule has 0 aliphatic rings. The highest BCUT2D eigenvalue weighted by molar-refractivity contribution is 6.76. The molecule has 0 aliphatic carbocycles. The van der Waals surface area contributed by atoms with Gasteiger partial charge in [-0.05, 0) is 6.04 Å². The molecule has 0 heterocycles. The summed E-state index contributed by atoms with van der Waals surface area (Å²) in [6.45, 7) is 11.4. The first-order valence-electron chi connectivity index (χ1n) is 9.16. The number of likely N-dealkylation sites (N-methyl/N-ethyl adjacent to an activating group) is 1. The molecule has 26 heavy (non-hydrogen) atoms. The summed E-state index contributed by atoms with van der Waals surface area (Å²) >= 11 is 0. The second kappa shape index (κ2) is 16.5. The predicted octanol–water partition coefficient (Wildman–Crippen LogP) is 1.45. The van der Waals surface area contributed by atoms with E-state index in [-0.39, 0.29) is 12.7 Å². The molecule has 156 valence electrons. The number of nitrogens with zero attached hydrogens (tertiary/aromatic N) is 1. The van der Waals surface area contributed by atoms with Crippen molar-refractivity contribution in [3.8, 4) is 0 Å². The lowest BCUT2D eigenvalue weighted by atomic mass is 10.6. The molecule has 0 aromatic rings. The average Bonchev–Trinajstić information content (AvgIpc) is 2.57. The Morgan fingerprint density at radius 3 is 1.73 bits per heavy atom. The normalized spacial score (nSPS) is 11.6. The van der Waals surface area contributed by atoms with Gasteiger partial charge in [-0.3, -0.25) is 0 Å². The van der Waals surface area contributed by atoms with Crippen LogP contribution in [0.1, 0.15) is 0 Å². The molecule has 0 unspecified atom stereocenters. The van der Waals surface area contributed by atoms with Gasteiger partial charge in [0.15, 0.2) is 0 Å². The van der Waals surface area contributed by atoms with Gasteiger partial charge in [-0.1, -0.05) is 19.6 Å². The van der Waals surface area contributed by atoms with Crippen molar-refractivity contribution in [2.24, 2.45) is 0 Å². The number of hydrogen-bond donors (Lipinski definition) is 1. The van der Waals surface area contributed by atoms with E-state index in [1.165, 1.54) is 4.90 Å². The van der Waals surface area contributed by atoms with Gasteiger partial charge in [-0.2, -0.15) is 0 Å². The van der Waals surface area contributed by atoms with Crippen molar-refractivity contribution in [2.45, 2.75) is 25.7 Å². The van der Waals surface area contributed by atoms with Gasteiger partial charge in [0, 0.05) is 21.7 Å². The first kappa shape index (κ1) is 25.3. The Bertz CT molecular complexity index is 340. The van der Waals surface area contributed by atoms with Gasteiger partial charge in [0.2, 0.25) is 0 Å². The molecule has 0 aromatic carbocycles. The molecule has 0 atom stereocenters. The third-order valence-electron chi connectivity index (χ3n) is 3.31. The summed E-state index contributed by atoms with van der Waals surface area (Å²) in [4.78, 5) is 13.3. The second-order valence-corrected chi connectivity index (χ2v) is 12.6. The van der Waals surface area contributed by atoms with Crippen LogP contribution < -0.4 is 0 Å². The fourth-order valence-electron chi connectivity index (χ4n) is 1.67. The Balaban J connectivity index is 3.34. The smallest absolute Gasteiger partial charge is 0.409 e. The van der Waals surface area contributed by atoms with E-state index in [9.17, 15) is 4.79 Å². The molecule has 1 amide bonds. The molecule has 0 bridgehead atoms. The van der Waals surface area contributed by atoms with Crippen LogP contribution in [-0.4, -0.2) is 104 Å². The van der Waals surface area contributed by atoms with Gasteiger partial charge < -0.3 is 33.7 Å². The monoisotopic (exact) mass is 395 g/mol. The van der Waals surface area contributed by atoms with Gasteiger partial charge in [-0.15, -0.1) is 0 Å². The van der Waals surface area contributed by atoms with E-state index in [1.807, 2.05) is 0 Å². The molecule has 0 aliphatic heterocycles. The van der Waals surface area contributed by atoms with Crippen molar-refractivity contribution in [3.63, 3.8) is 0 Å². The Morgan fingerprint density at radius 1 is 0.808 bits per heavy atom. The average molecular weight is 396 g/mol. The number of aliphatic hydroxyl groups is 1. The van der Waals surface area contributed by atoms with Crippen LogP contribution in [0, 0.1) is 0 Å². The van der Waals surface area contributed by atoms with Crippen LogP contribution in [0.5, 0.6) is 0 Å². The Labute approximate surface area is 158 Å². The van der Waals surface area contributed by atoms with Gasteiger partial charge in [0.1, 0.15) is 0 Å². The maximum absolute atomic E-state index is 11.8. The van der Waals surface area contributed by atoms with Crippen molar-refractivity contribution in [2.75, 3.05) is 79.7 Å². The fourth-order valence-corrected chi connectivity index (χ4v) is 2.39. The van der Waals surface area contributed by atoms with Crippen molar-refractivity contribution in [1.82, 2.24) is 4.90 Å². The summed E-state index contributed by atoms with van der Waals surface area (Å²) in [6, 6.07) is 0.972. The summed E-state index contributed by atoms with van der Waals surface area (Å²) in [5.41, 5.74) is 0. The van der Waals surface area contributed by atoms with E-state index >= 15 is 0 Å². The van der Waals surface area contributed by atoms with Gasteiger partial charge in [0.25, 0.3) is 0 Å². The van der Waals surface area contributed by atoms with E-state index in [0.29, 0.717) is 66.0 Å². The van der Waals surface area contributed by atoms with Gasteiger partial charge >= 0.3 is 6.09 Å². The highest BCUT2D eigenvalue weighted by Gasteiger charge is 2.15. The molecular formula is C17H37NO7Si. The highest BCUT2D eigenvalue weighted by Crippen LogP contribution is 2.08. The number of rotatable bonds is 17. The van der Waals surface area contributed by atoms with E-state index in [1.54, 1.807) is 7.05 Å². The standard InChI is InChI=1S/C17H37NO7Si/c1-18(17(20)25-15-16-26(2,3)4)5-7-21-9-11-23-13-14-24-12-10-22-8-6-19/h19H,5-16H2,1-4H3. The van der Waals surface area contributed by atoms with E-state index in [0.717, 1.165) is 6.04 Å². The molecule has 0 fully saturated rings. The lowest BCUT2D eigenvalue weighted by molar-refractivity contribution is -0.00678. The summed E-state index contributed by atoms with van der Waals surface area (Å²) in [6.07, 6.45) is -0.303. The summed E-state index contributed by atoms with van der Waals surface area (Å²) < 4.78 is 26.4. The zero-order valence-corrected chi connectivity index (χ0v) is 17.8. The number of ether oxygens (including phenoxy) is 5. The fraction of sp³-hybridized carbons (Fsp3) is 0.941. The zero-order chi connectivity index (χ0) is 19.7. The molecular weight excluding hydrogens is 358 g/mol. The lowest BCUT2D eigenvalue weighted by Crippen LogP contribution is -2.32. The second-order valence-electron chi connectivity index (χ2n) is 7.02. The molecule has 1 N–H and O–H groups in total. The summed E-state index contributed by atoms with van der Waals surface area (Å²) in [7, 11) is 0.529. The van der Waals surface area contributed by atoms with Gasteiger partial charge in [0.05, 0.1) is 66.1 Å². The minimum Gasteiger partial charge on any atom is -0.450 e. The van der Waals surface area contributed by atoms with Crippen LogP contribution in [0.15, 0.2) is 0 Å². The van der Waals surface area contributed by atoms with Crippen molar-refractivity contribution < 1.29 is 33.6 Å². The molecule has 0 aromatic heterocycles. The lowest BCUT2D eigenvalue weighted by Gasteiger charge is -2.19. The maximum Gasteiger partial charge on any atom is 0.409 e. The molecule has 0 saturated carbocycles. The summed E-state index contributed by atoms with van der Waals surface area (Å²) in [5.74, 6) is 0. The predicted molar refractivity (Wildman–Crippen MR) is 102 cm³/mol. The van der Waals surface area contributed by atoms with Crippen molar-refractivity contribution >= 4 is 14.2 Å². The first-order valence-corrected chi connectivity index (χ1v) is 12.9. The van der Waals surface area contributed by atoms with E-state index in [2.05, 4.69) is 19.6 Å². The molecule has 0 spiro atoms. The SMILES string of the molecule is CN(CCOCCOCCOCCOCCO)C(=O)OCC[Si](C)(C)C. The third-order valence-corrected chi connectivity index (χ3v) is 5.02. The number of hydrogen-bond acceptors (Lipinski definition) is 7. The number of aliphatic hydroxyl groups excluding tert-OH is 1. The molecule has 8 nitrogen and oxygen atoms in total. The Morgan fingerprint density at radius 2 is 1.27 bits per heavy atom. The minimum atomic E-state index is -1.18. The Hall–Kier alpha value is -0.713. The highest BCUT2D eigenvalue weighted by atomic mass is 28.3. The molecule has 9 heteroatoms. The van der Waals surface area contributed by atoms with E-state index < -0.39 is 8.07 Å². The quantitative estimate of drug-likeness (QED) is 0.295. The minimum absolute atomic E-state index is 0.0265. The number of amides is 1. The Kier molecular flexibility index (Phi) is 16.0. The third kappa shape index (κ3) is 18.1. The topological polar surface area (TPSA) is 86.7 Å². The van der Waals surface area contributed by atoms with Crippen LogP contribution in [0.3, 0.4) is 0 Å². The van der Waals surface area contributed by atoms with Crippen LogP contribution in [0.2, 0.25) is 25.7 Å². The summed E-state index contributed by atoms with van der Waals surface area (Å²) in [5, 5.41) is 8.52. The van der Waals surface area contributed by atoms with Crippen LogP contribution >= 0.6 is 0 Å². The molecule has 0 saturated heterocycles. The van der Waals surface area contributed by atoms with Crippen molar-refractivity contribution in [3.05, 3.63) is 0 Å².